The zero-order valence-electron chi connectivity index (χ0n) is 11.6. The summed E-state index contributed by atoms with van der Waals surface area (Å²) >= 11 is 0. The Balaban J connectivity index is 2.08. The van der Waals surface area contributed by atoms with E-state index in [1.165, 1.54) is 12.3 Å². The minimum atomic E-state index is -0.968. The summed E-state index contributed by atoms with van der Waals surface area (Å²) in [7, 11) is 0. The van der Waals surface area contributed by atoms with Crippen LogP contribution in [0.25, 0.3) is 10.9 Å². The highest BCUT2D eigenvalue weighted by atomic mass is 19.2. The van der Waals surface area contributed by atoms with Crippen molar-refractivity contribution in [2.45, 2.75) is 6.92 Å². The van der Waals surface area contributed by atoms with Crippen molar-refractivity contribution < 1.29 is 8.78 Å². The number of aryl methyl sites for hydroxylation is 1. The van der Waals surface area contributed by atoms with Gasteiger partial charge in [-0.05, 0) is 36.8 Å². The number of aromatic nitrogens is 2. The van der Waals surface area contributed by atoms with Crippen molar-refractivity contribution in [1.29, 1.82) is 0 Å². The lowest BCUT2D eigenvalue weighted by Gasteiger charge is -2.05. The van der Waals surface area contributed by atoms with Crippen LogP contribution in [-0.2, 0) is 0 Å². The molecule has 1 aromatic heterocycles. The van der Waals surface area contributed by atoms with Gasteiger partial charge in [-0.15, -0.1) is 0 Å². The van der Waals surface area contributed by atoms with E-state index in [1.807, 2.05) is 0 Å². The lowest BCUT2D eigenvalue weighted by atomic mass is 10.2. The maximum absolute atomic E-state index is 13.2. The van der Waals surface area contributed by atoms with Crippen molar-refractivity contribution in [2.24, 2.45) is 5.10 Å². The van der Waals surface area contributed by atoms with Crippen LogP contribution in [-0.4, -0.2) is 15.9 Å². The van der Waals surface area contributed by atoms with Gasteiger partial charge in [0, 0.05) is 0 Å². The number of fused-ring (bicyclic) bond motifs is 1. The second-order valence-electron chi connectivity index (χ2n) is 4.71. The molecule has 0 bridgehead atoms. The quantitative estimate of drug-likeness (QED) is 0.683. The molecule has 0 aliphatic rings. The molecule has 0 N–H and O–H groups in total. The number of nitrogens with zero attached hydrogens (tertiary/aromatic N) is 3. The van der Waals surface area contributed by atoms with Crippen molar-refractivity contribution in [3.63, 3.8) is 0 Å². The highest BCUT2D eigenvalue weighted by molar-refractivity contribution is 5.80. The van der Waals surface area contributed by atoms with Gasteiger partial charge in [0.2, 0.25) is 0 Å². The van der Waals surface area contributed by atoms with E-state index < -0.39 is 11.6 Å². The van der Waals surface area contributed by atoms with Crippen molar-refractivity contribution in [1.82, 2.24) is 9.66 Å². The minimum Gasteiger partial charge on any atom is -0.267 e. The number of para-hydroxylation sites is 1. The van der Waals surface area contributed by atoms with E-state index in [9.17, 15) is 13.6 Å². The molecule has 3 aromatic rings. The number of rotatable bonds is 2. The molecular weight excluding hydrogens is 288 g/mol. The Morgan fingerprint density at radius 2 is 1.91 bits per heavy atom. The number of benzene rings is 2. The molecule has 0 fully saturated rings. The Hall–Kier alpha value is -2.89. The molecule has 0 spiro atoms. The van der Waals surface area contributed by atoms with Crippen LogP contribution in [0.3, 0.4) is 0 Å². The zero-order chi connectivity index (χ0) is 15.7. The highest BCUT2D eigenvalue weighted by Gasteiger charge is 2.06. The first-order valence-electron chi connectivity index (χ1n) is 6.54. The first-order valence-corrected chi connectivity index (χ1v) is 6.54. The van der Waals surface area contributed by atoms with Gasteiger partial charge < -0.3 is 0 Å². The third-order valence-corrected chi connectivity index (χ3v) is 3.18. The summed E-state index contributed by atoms with van der Waals surface area (Å²) < 4.78 is 27.2. The smallest absolute Gasteiger partial charge is 0.267 e. The molecule has 0 amide bonds. The van der Waals surface area contributed by atoms with Crippen LogP contribution in [0.15, 0.2) is 52.4 Å². The molecule has 2 aromatic carbocycles. The Kier molecular flexibility index (Phi) is 3.50. The minimum absolute atomic E-state index is 0.318. The summed E-state index contributed by atoms with van der Waals surface area (Å²) in [4.78, 5) is 16.7. The third-order valence-electron chi connectivity index (χ3n) is 3.18. The Labute approximate surface area is 124 Å². The first-order chi connectivity index (χ1) is 10.6. The fourth-order valence-corrected chi connectivity index (χ4v) is 2.09. The molecule has 6 heteroatoms. The normalized spacial score (nSPS) is 11.4. The van der Waals surface area contributed by atoms with Crippen LogP contribution in [0, 0.1) is 18.6 Å². The van der Waals surface area contributed by atoms with Gasteiger partial charge in [0.25, 0.3) is 5.56 Å². The Morgan fingerprint density at radius 1 is 1.14 bits per heavy atom. The summed E-state index contributed by atoms with van der Waals surface area (Å²) in [6.07, 6.45) is 1.29. The summed E-state index contributed by atoms with van der Waals surface area (Å²) in [5.41, 5.74) is 0.615. The number of hydrogen-bond acceptors (Lipinski definition) is 3. The topological polar surface area (TPSA) is 47.2 Å². The molecule has 0 radical (unpaired) electrons. The van der Waals surface area contributed by atoms with Crippen molar-refractivity contribution >= 4 is 17.1 Å². The monoisotopic (exact) mass is 299 g/mol. The van der Waals surface area contributed by atoms with E-state index in [4.69, 9.17) is 0 Å². The average Bonchev–Trinajstić information content (AvgIpc) is 2.50. The molecule has 22 heavy (non-hydrogen) atoms. The molecule has 0 saturated carbocycles. The Bertz CT molecular complexity index is 948. The maximum Gasteiger partial charge on any atom is 0.282 e. The number of hydrogen-bond donors (Lipinski definition) is 0. The molecule has 0 saturated heterocycles. The van der Waals surface area contributed by atoms with Gasteiger partial charge in [-0.1, -0.05) is 18.2 Å². The summed E-state index contributed by atoms with van der Waals surface area (Å²) in [5.74, 6) is -1.50. The third kappa shape index (κ3) is 2.50. The fourth-order valence-electron chi connectivity index (χ4n) is 2.09. The largest absolute Gasteiger partial charge is 0.282 e. The summed E-state index contributed by atoms with van der Waals surface area (Å²) in [6.45, 7) is 1.65. The molecule has 4 nitrogen and oxygen atoms in total. The van der Waals surface area contributed by atoms with Crippen molar-refractivity contribution in [2.75, 3.05) is 0 Å². The van der Waals surface area contributed by atoms with Gasteiger partial charge >= 0.3 is 0 Å². The molecule has 110 valence electrons. The van der Waals surface area contributed by atoms with Gasteiger partial charge in [0.15, 0.2) is 11.6 Å². The van der Waals surface area contributed by atoms with E-state index in [0.717, 1.165) is 16.8 Å². The van der Waals surface area contributed by atoms with E-state index in [1.54, 1.807) is 31.2 Å². The highest BCUT2D eigenvalue weighted by Crippen LogP contribution is 2.09. The molecule has 1 heterocycles. The predicted octanol–water partition coefficient (Wildman–Crippen LogP) is 2.87. The van der Waals surface area contributed by atoms with Gasteiger partial charge in [-0.3, -0.25) is 4.79 Å². The van der Waals surface area contributed by atoms with Crippen LogP contribution in [0.5, 0.6) is 0 Å². The Morgan fingerprint density at radius 3 is 2.68 bits per heavy atom. The maximum atomic E-state index is 13.2. The number of halogens is 2. The van der Waals surface area contributed by atoms with E-state index in [2.05, 4.69) is 10.1 Å². The molecule has 0 unspecified atom stereocenters. The second kappa shape index (κ2) is 5.48. The molecule has 3 rings (SSSR count). The summed E-state index contributed by atoms with van der Waals surface area (Å²) in [6, 6.07) is 10.3. The lowest BCUT2D eigenvalue weighted by molar-refractivity contribution is 0.508. The van der Waals surface area contributed by atoms with Crippen molar-refractivity contribution in [3.8, 4) is 0 Å². The second-order valence-corrected chi connectivity index (χ2v) is 4.71. The van der Waals surface area contributed by atoms with Gasteiger partial charge in [-0.2, -0.15) is 9.78 Å². The van der Waals surface area contributed by atoms with Crippen LogP contribution in [0.2, 0.25) is 0 Å². The van der Waals surface area contributed by atoms with Crippen LogP contribution in [0.4, 0.5) is 8.78 Å². The predicted molar refractivity (Wildman–Crippen MR) is 80.1 cm³/mol. The zero-order valence-corrected chi connectivity index (χ0v) is 11.6. The van der Waals surface area contributed by atoms with E-state index in [0.29, 0.717) is 22.3 Å². The van der Waals surface area contributed by atoms with Crippen LogP contribution in [0.1, 0.15) is 11.4 Å². The summed E-state index contributed by atoms with van der Waals surface area (Å²) in [5, 5.41) is 4.46. The van der Waals surface area contributed by atoms with E-state index in [-0.39, 0.29) is 5.56 Å². The van der Waals surface area contributed by atoms with Crippen LogP contribution < -0.4 is 5.56 Å². The van der Waals surface area contributed by atoms with Crippen molar-refractivity contribution in [3.05, 3.63) is 75.8 Å². The lowest BCUT2D eigenvalue weighted by Crippen LogP contribution is -2.20. The fraction of sp³-hybridized carbons (Fsp3) is 0.0625. The van der Waals surface area contributed by atoms with Gasteiger partial charge in [0.1, 0.15) is 5.82 Å². The van der Waals surface area contributed by atoms with Gasteiger partial charge in [-0.25, -0.2) is 13.8 Å². The average molecular weight is 299 g/mol. The van der Waals surface area contributed by atoms with E-state index >= 15 is 0 Å². The first kappa shape index (κ1) is 14.1. The van der Waals surface area contributed by atoms with Crippen LogP contribution >= 0.6 is 0 Å². The standard InChI is InChI=1S/C16H11F2N3O/c1-10-20-15-5-3-2-4-12(15)16(22)21(10)19-9-11-6-7-13(17)14(18)8-11/h2-9H,1H3/b19-9-. The molecule has 0 aliphatic heterocycles. The molecule has 0 atom stereocenters. The molecular formula is C16H11F2N3O. The molecule has 0 aliphatic carbocycles. The SMILES string of the molecule is Cc1nc2ccccc2c(=O)n1/N=C\c1ccc(F)c(F)c1. The van der Waals surface area contributed by atoms with Gasteiger partial charge in [0.05, 0.1) is 17.1 Å².